The van der Waals surface area contributed by atoms with Crippen LogP contribution in [0.4, 0.5) is 4.39 Å². The van der Waals surface area contributed by atoms with Crippen LogP contribution in [0.5, 0.6) is 5.75 Å². The maximum absolute atomic E-state index is 13.6. The maximum Gasteiger partial charge on any atom is 0.306 e. The predicted octanol–water partition coefficient (Wildman–Crippen LogP) is 7.25. The van der Waals surface area contributed by atoms with Gasteiger partial charge in [0, 0.05) is 24.3 Å². The third kappa shape index (κ3) is 9.58. The van der Waals surface area contributed by atoms with Gasteiger partial charge in [0.1, 0.15) is 23.8 Å². The van der Waals surface area contributed by atoms with E-state index in [0.717, 1.165) is 78.8 Å². The van der Waals surface area contributed by atoms with E-state index in [1.807, 2.05) is 32.9 Å². The number of piperidine rings is 1. The molecule has 45 heavy (non-hydrogen) atoms. The Bertz CT molecular complexity index is 1570. The SMILES string of the molecule is CC(C)(C)OC(=O)CCc1cc(CCN)cc(CCc2ccccc2OCCN2CCC(c3nsc4cc(F)ccc34)CC2)c1. The number of nitrogens with zero attached hydrogens (tertiary/aromatic N) is 2. The fraction of sp³-hybridized carbons (Fsp3) is 0.459. The van der Waals surface area contributed by atoms with E-state index < -0.39 is 5.60 Å². The van der Waals surface area contributed by atoms with Gasteiger partial charge in [0.05, 0.1) is 10.4 Å². The van der Waals surface area contributed by atoms with E-state index in [-0.39, 0.29) is 11.8 Å². The van der Waals surface area contributed by atoms with E-state index in [1.165, 1.54) is 34.3 Å². The highest BCUT2D eigenvalue weighted by atomic mass is 32.1. The first-order valence-electron chi connectivity index (χ1n) is 16.2. The quantitative estimate of drug-likeness (QED) is 0.157. The Kier molecular flexibility index (Phi) is 11.2. The first-order chi connectivity index (χ1) is 21.7. The molecule has 240 valence electrons. The summed E-state index contributed by atoms with van der Waals surface area (Å²) in [5.41, 5.74) is 11.3. The van der Waals surface area contributed by atoms with Crippen molar-refractivity contribution in [2.24, 2.45) is 5.73 Å². The van der Waals surface area contributed by atoms with Crippen molar-refractivity contribution in [3.8, 4) is 5.75 Å². The standard InChI is InChI=1S/C37H46FN3O3S/c1-37(2,3)44-35(42)13-9-27-22-26(23-28(24-27)14-17-39)8-10-29-6-4-5-7-33(29)43-21-20-41-18-15-30(16-19-41)36-32-12-11-31(38)25-34(32)45-40-36/h4-7,11-12,22-25,30H,8-10,13-21,39H2,1-3H3. The predicted molar refractivity (Wildman–Crippen MR) is 181 cm³/mol. The molecule has 1 aliphatic heterocycles. The van der Waals surface area contributed by atoms with Crippen LogP contribution in [0.25, 0.3) is 10.1 Å². The number of carbonyl (C=O) groups is 1. The number of esters is 1. The first-order valence-corrected chi connectivity index (χ1v) is 17.0. The van der Waals surface area contributed by atoms with Gasteiger partial charge >= 0.3 is 5.97 Å². The average Bonchev–Trinajstić information content (AvgIpc) is 3.42. The van der Waals surface area contributed by atoms with Gasteiger partial charge in [-0.25, -0.2) is 4.39 Å². The molecule has 0 aliphatic carbocycles. The molecule has 8 heteroatoms. The van der Waals surface area contributed by atoms with Gasteiger partial charge in [-0.15, -0.1) is 0 Å². The number of hydrogen-bond donors (Lipinski definition) is 1. The van der Waals surface area contributed by atoms with E-state index >= 15 is 0 Å². The lowest BCUT2D eigenvalue weighted by Crippen LogP contribution is -2.36. The highest BCUT2D eigenvalue weighted by Crippen LogP contribution is 2.34. The van der Waals surface area contributed by atoms with Gasteiger partial charge in [-0.1, -0.05) is 36.4 Å². The molecule has 1 aromatic heterocycles. The normalized spacial score (nSPS) is 14.6. The van der Waals surface area contributed by atoms with Crippen LogP contribution in [0.3, 0.4) is 0 Å². The summed E-state index contributed by atoms with van der Waals surface area (Å²) in [5, 5.41) is 1.10. The van der Waals surface area contributed by atoms with Gasteiger partial charge in [-0.2, -0.15) is 4.37 Å². The lowest BCUT2D eigenvalue weighted by atomic mass is 9.91. The summed E-state index contributed by atoms with van der Waals surface area (Å²) in [6.45, 7) is 9.81. The van der Waals surface area contributed by atoms with E-state index in [2.05, 4.69) is 45.7 Å². The molecule has 0 radical (unpaired) electrons. The zero-order chi connectivity index (χ0) is 31.8. The molecule has 0 unspecified atom stereocenters. The van der Waals surface area contributed by atoms with Crippen LogP contribution in [0, 0.1) is 5.82 Å². The molecule has 3 aromatic carbocycles. The lowest BCUT2D eigenvalue weighted by Gasteiger charge is -2.31. The Balaban J connectivity index is 1.12. The van der Waals surface area contributed by atoms with Crippen molar-refractivity contribution in [2.75, 3.05) is 32.8 Å². The number of para-hydroxylation sites is 1. The number of nitrogens with two attached hydrogens (primary N) is 1. The van der Waals surface area contributed by atoms with Crippen molar-refractivity contribution in [1.82, 2.24) is 9.27 Å². The molecule has 0 amide bonds. The third-order valence-electron chi connectivity index (χ3n) is 8.34. The minimum atomic E-state index is -0.475. The zero-order valence-corrected chi connectivity index (χ0v) is 27.6. The molecule has 2 N–H and O–H groups in total. The Morgan fingerprint density at radius 3 is 2.42 bits per heavy atom. The summed E-state index contributed by atoms with van der Waals surface area (Å²) in [4.78, 5) is 14.8. The molecule has 4 aromatic rings. The van der Waals surface area contributed by atoms with E-state index in [4.69, 9.17) is 15.2 Å². The molecule has 1 aliphatic rings. The van der Waals surface area contributed by atoms with Crippen molar-refractivity contribution < 1.29 is 18.7 Å². The minimum Gasteiger partial charge on any atom is -0.492 e. The van der Waals surface area contributed by atoms with E-state index in [9.17, 15) is 9.18 Å². The summed E-state index contributed by atoms with van der Waals surface area (Å²) >= 11 is 1.40. The Hall–Kier alpha value is -3.33. The number of likely N-dealkylation sites (tertiary alicyclic amines) is 1. The van der Waals surface area contributed by atoms with E-state index in [1.54, 1.807) is 6.07 Å². The number of aryl methyl sites for hydroxylation is 3. The molecule has 6 nitrogen and oxygen atoms in total. The first kappa shape index (κ1) is 33.0. The molecule has 1 saturated heterocycles. The monoisotopic (exact) mass is 631 g/mol. The number of fused-ring (bicyclic) bond motifs is 1. The summed E-state index contributed by atoms with van der Waals surface area (Å²) in [7, 11) is 0. The highest BCUT2D eigenvalue weighted by Gasteiger charge is 2.24. The fourth-order valence-corrected chi connectivity index (χ4v) is 7.03. The Morgan fingerprint density at radius 1 is 0.978 bits per heavy atom. The molecule has 5 rings (SSSR count). The molecule has 0 spiro atoms. The highest BCUT2D eigenvalue weighted by molar-refractivity contribution is 7.13. The fourth-order valence-electron chi connectivity index (χ4n) is 6.15. The molecule has 0 atom stereocenters. The van der Waals surface area contributed by atoms with Crippen molar-refractivity contribution in [2.45, 2.75) is 77.2 Å². The Morgan fingerprint density at radius 2 is 1.69 bits per heavy atom. The summed E-state index contributed by atoms with van der Waals surface area (Å²) in [6.07, 6.45) is 5.67. The second kappa shape index (κ2) is 15.3. The van der Waals surface area contributed by atoms with Crippen LogP contribution in [-0.2, 0) is 35.2 Å². The third-order valence-corrected chi connectivity index (χ3v) is 9.16. The molecular weight excluding hydrogens is 585 g/mol. The second-order valence-electron chi connectivity index (χ2n) is 13.1. The molecule has 2 heterocycles. The van der Waals surface area contributed by atoms with Gasteiger partial charge in [-0.3, -0.25) is 9.69 Å². The van der Waals surface area contributed by atoms with Gasteiger partial charge in [0.25, 0.3) is 0 Å². The van der Waals surface area contributed by atoms with E-state index in [0.29, 0.717) is 31.9 Å². The van der Waals surface area contributed by atoms with Gasteiger partial charge in [0.15, 0.2) is 0 Å². The van der Waals surface area contributed by atoms with Crippen molar-refractivity contribution >= 4 is 27.6 Å². The number of rotatable bonds is 13. The number of aromatic nitrogens is 1. The van der Waals surface area contributed by atoms with Crippen molar-refractivity contribution in [3.63, 3.8) is 0 Å². The molecule has 1 fully saturated rings. The maximum atomic E-state index is 13.6. The topological polar surface area (TPSA) is 77.7 Å². The largest absolute Gasteiger partial charge is 0.492 e. The van der Waals surface area contributed by atoms with Crippen LogP contribution in [0.1, 0.15) is 73.9 Å². The molecular formula is C37H46FN3O3S. The van der Waals surface area contributed by atoms with Crippen molar-refractivity contribution in [1.29, 1.82) is 0 Å². The van der Waals surface area contributed by atoms with Crippen molar-refractivity contribution in [3.05, 3.63) is 94.4 Å². The van der Waals surface area contributed by atoms with Crippen LogP contribution in [-0.4, -0.2) is 53.6 Å². The van der Waals surface area contributed by atoms with Crippen LogP contribution in [0.15, 0.2) is 60.7 Å². The minimum absolute atomic E-state index is 0.172. The number of halogens is 1. The zero-order valence-electron chi connectivity index (χ0n) is 26.8. The average molecular weight is 632 g/mol. The lowest BCUT2D eigenvalue weighted by molar-refractivity contribution is -0.154. The molecule has 0 saturated carbocycles. The molecule has 0 bridgehead atoms. The van der Waals surface area contributed by atoms with Crippen LogP contribution in [0.2, 0.25) is 0 Å². The number of carbonyl (C=O) groups excluding carboxylic acids is 1. The summed E-state index contributed by atoms with van der Waals surface area (Å²) < 4.78 is 31.1. The van der Waals surface area contributed by atoms with Gasteiger partial charge in [-0.05, 0) is 137 Å². The summed E-state index contributed by atoms with van der Waals surface area (Å²) in [6, 6.07) is 19.9. The van der Waals surface area contributed by atoms with Crippen LogP contribution < -0.4 is 10.5 Å². The smallest absolute Gasteiger partial charge is 0.306 e. The van der Waals surface area contributed by atoms with Gasteiger partial charge in [0.2, 0.25) is 0 Å². The number of hydrogen-bond acceptors (Lipinski definition) is 7. The number of ether oxygens (including phenoxy) is 2. The number of benzene rings is 3. The Labute approximate surface area is 270 Å². The van der Waals surface area contributed by atoms with Gasteiger partial charge < -0.3 is 15.2 Å². The second-order valence-corrected chi connectivity index (χ2v) is 13.9. The summed E-state index contributed by atoms with van der Waals surface area (Å²) in [5.74, 6) is 0.988. The van der Waals surface area contributed by atoms with Crippen LogP contribution >= 0.6 is 11.5 Å².